The van der Waals surface area contributed by atoms with Gasteiger partial charge in [0.15, 0.2) is 0 Å². The van der Waals surface area contributed by atoms with Gasteiger partial charge in [0.25, 0.3) is 0 Å². The largest absolute Gasteiger partial charge is 0.481 e. The summed E-state index contributed by atoms with van der Waals surface area (Å²) in [5, 5.41) is 10.6. The van der Waals surface area contributed by atoms with Crippen molar-refractivity contribution < 1.29 is 24.1 Å². The molecule has 1 N–H and O–H groups in total. The predicted molar refractivity (Wildman–Crippen MR) is 154 cm³/mol. The van der Waals surface area contributed by atoms with Gasteiger partial charge in [-0.2, -0.15) is 0 Å². The molecule has 0 aliphatic heterocycles. The maximum absolute atomic E-state index is 12.9. The van der Waals surface area contributed by atoms with Crippen molar-refractivity contribution in [2.75, 3.05) is 27.1 Å². The normalized spacial score (nSPS) is 48.4. The highest BCUT2D eigenvalue weighted by Crippen LogP contribution is 2.77. The second-order valence-electron chi connectivity index (χ2n) is 15.7. The third kappa shape index (κ3) is 4.14. The van der Waals surface area contributed by atoms with Gasteiger partial charge in [-0.25, -0.2) is 0 Å². The number of allylic oxidation sites excluding steroid dienone is 1. The molecule has 5 rings (SSSR count). The molecule has 0 spiro atoms. The smallest absolute Gasteiger partial charge is 0.309 e. The molecule has 0 bridgehead atoms. The van der Waals surface area contributed by atoms with Gasteiger partial charge in [0.2, 0.25) is 0 Å². The average Bonchev–Trinajstić information content (AvgIpc) is 3.27. The number of rotatable bonds is 8. The number of carboxylic acids is 1. The summed E-state index contributed by atoms with van der Waals surface area (Å²) in [5.74, 6) is 1.84. The lowest BCUT2D eigenvalue weighted by molar-refractivity contribution is -0.257. The first-order chi connectivity index (χ1) is 18.3. The lowest BCUT2D eigenvalue weighted by atomic mass is 9.32. The van der Waals surface area contributed by atoms with Crippen LogP contribution in [0, 0.1) is 56.7 Å². The Morgan fingerprint density at radius 3 is 2.28 bits per heavy atom. The summed E-state index contributed by atoms with van der Waals surface area (Å²) < 4.78 is 17.2. The van der Waals surface area contributed by atoms with Crippen molar-refractivity contribution in [1.29, 1.82) is 0 Å². The fourth-order valence-corrected chi connectivity index (χ4v) is 12.1. The first-order valence-electron chi connectivity index (χ1n) is 15.9. The molecular formula is C34H56O5. The summed E-state index contributed by atoms with van der Waals surface area (Å²) in [7, 11) is 1.70. The van der Waals surface area contributed by atoms with Crippen LogP contribution in [0.25, 0.3) is 0 Å². The third-order valence-electron chi connectivity index (χ3n) is 14.2. The number of ether oxygens (including phenoxy) is 3. The molecule has 5 nitrogen and oxygen atoms in total. The monoisotopic (exact) mass is 544 g/mol. The summed E-state index contributed by atoms with van der Waals surface area (Å²) in [6, 6.07) is 0. The van der Waals surface area contributed by atoms with E-state index in [0.717, 1.165) is 32.1 Å². The Bertz CT molecular complexity index is 959. The Labute approximate surface area is 237 Å². The molecule has 5 saturated carbocycles. The van der Waals surface area contributed by atoms with Crippen molar-refractivity contribution in [1.82, 2.24) is 0 Å². The number of aliphatic carboxylic acids is 1. The summed E-state index contributed by atoms with van der Waals surface area (Å²) in [6.07, 6.45) is 11.2. The Morgan fingerprint density at radius 1 is 0.872 bits per heavy atom. The van der Waals surface area contributed by atoms with Crippen molar-refractivity contribution in [2.45, 2.75) is 112 Å². The molecule has 5 aliphatic carbocycles. The molecule has 5 aliphatic rings. The lowest BCUT2D eigenvalue weighted by Crippen LogP contribution is -2.67. The standard InChI is InChI=1S/C34H56O5/c1-22(2)23-11-16-34(29(35)36)18-17-32(6)24(28(23)34)9-10-26-31(5)14-13-27(39-21-38-20-19-37-8)30(3,4)25(31)12-15-33(26,32)7/h23-28H,1,9-21H2,2-8H3,(H,35,36)/t23-,24+,25-,26+,27-,28+,31-,32+,33+,34-/m0/s1. The molecule has 0 aromatic heterocycles. The highest BCUT2D eigenvalue weighted by atomic mass is 16.7. The van der Waals surface area contributed by atoms with Gasteiger partial charge in [0, 0.05) is 7.11 Å². The van der Waals surface area contributed by atoms with Crippen molar-refractivity contribution in [3.05, 3.63) is 12.2 Å². The molecule has 0 unspecified atom stereocenters. The summed E-state index contributed by atoms with van der Waals surface area (Å²) >= 11 is 0. The van der Waals surface area contributed by atoms with E-state index in [2.05, 4.69) is 48.1 Å². The average molecular weight is 545 g/mol. The molecule has 0 heterocycles. The number of hydrogen-bond donors (Lipinski definition) is 1. The van der Waals surface area contributed by atoms with Crippen molar-refractivity contribution in [3.8, 4) is 0 Å². The van der Waals surface area contributed by atoms with Crippen LogP contribution in [0.1, 0.15) is 106 Å². The fraction of sp³-hybridized carbons (Fsp3) is 0.912. The molecule has 0 amide bonds. The van der Waals surface area contributed by atoms with Crippen LogP contribution in [-0.4, -0.2) is 44.3 Å². The SMILES string of the molecule is C=C(C)[C@@H]1CC[C@]2(C(=O)O)CC[C@]3(C)[C@H](CC[C@@H]4[C@@]5(C)CC[C@H](OCOCCOC)C(C)(C)[C@@H]5CC[C@]43C)[C@@H]12. The minimum Gasteiger partial charge on any atom is -0.481 e. The van der Waals surface area contributed by atoms with Gasteiger partial charge in [0.05, 0.1) is 24.7 Å². The first-order valence-corrected chi connectivity index (χ1v) is 15.9. The molecule has 0 radical (unpaired) electrons. The number of carbonyl (C=O) groups is 1. The Hall–Kier alpha value is -0.910. The van der Waals surface area contributed by atoms with Crippen molar-refractivity contribution in [2.24, 2.45) is 56.7 Å². The second kappa shape index (κ2) is 10.1. The van der Waals surface area contributed by atoms with E-state index in [1.54, 1.807) is 7.11 Å². The highest BCUT2D eigenvalue weighted by molar-refractivity contribution is 5.76. The van der Waals surface area contributed by atoms with Gasteiger partial charge in [-0.3, -0.25) is 4.79 Å². The van der Waals surface area contributed by atoms with E-state index in [0.29, 0.717) is 43.7 Å². The van der Waals surface area contributed by atoms with Crippen molar-refractivity contribution in [3.63, 3.8) is 0 Å². The van der Waals surface area contributed by atoms with Crippen LogP contribution >= 0.6 is 0 Å². The second-order valence-corrected chi connectivity index (χ2v) is 15.7. The minimum absolute atomic E-state index is 0.0955. The van der Waals surface area contributed by atoms with Gasteiger partial charge in [-0.05, 0) is 122 Å². The summed E-state index contributed by atoms with van der Waals surface area (Å²) in [4.78, 5) is 12.9. The number of hydrogen-bond acceptors (Lipinski definition) is 4. The van der Waals surface area contributed by atoms with Crippen LogP contribution in [0.3, 0.4) is 0 Å². The number of methoxy groups -OCH3 is 1. The first kappa shape index (κ1) is 29.6. The van der Waals surface area contributed by atoms with Gasteiger partial charge in [-0.15, -0.1) is 0 Å². The maximum Gasteiger partial charge on any atom is 0.309 e. The van der Waals surface area contributed by atoms with Crippen LogP contribution in [0.15, 0.2) is 12.2 Å². The lowest BCUT2D eigenvalue weighted by Gasteiger charge is -2.72. The topological polar surface area (TPSA) is 65.0 Å². The number of fused-ring (bicyclic) bond motifs is 7. The summed E-state index contributed by atoms with van der Waals surface area (Å²) in [5.41, 5.74) is 1.46. The fourth-order valence-electron chi connectivity index (χ4n) is 12.1. The highest BCUT2D eigenvalue weighted by Gasteiger charge is 2.72. The van der Waals surface area contributed by atoms with Crippen LogP contribution in [0.5, 0.6) is 0 Å². The molecule has 0 saturated heterocycles. The van der Waals surface area contributed by atoms with Gasteiger partial charge in [0.1, 0.15) is 6.79 Å². The van der Waals surface area contributed by atoms with Crippen LogP contribution in [-0.2, 0) is 19.0 Å². The van der Waals surface area contributed by atoms with E-state index in [-0.39, 0.29) is 33.7 Å². The van der Waals surface area contributed by atoms with E-state index in [1.807, 2.05) is 0 Å². The van der Waals surface area contributed by atoms with E-state index < -0.39 is 11.4 Å². The predicted octanol–water partition coefficient (Wildman–Crippen LogP) is 7.73. The molecule has 10 atom stereocenters. The zero-order chi connectivity index (χ0) is 28.4. The minimum atomic E-state index is -0.541. The molecule has 39 heavy (non-hydrogen) atoms. The molecule has 0 aromatic rings. The summed E-state index contributed by atoms with van der Waals surface area (Å²) in [6.45, 7) is 20.8. The molecule has 222 valence electrons. The van der Waals surface area contributed by atoms with Gasteiger partial charge in [-0.1, -0.05) is 46.8 Å². The van der Waals surface area contributed by atoms with Crippen LogP contribution < -0.4 is 0 Å². The maximum atomic E-state index is 12.9. The molecule has 5 fully saturated rings. The van der Waals surface area contributed by atoms with E-state index >= 15 is 0 Å². The zero-order valence-corrected chi connectivity index (χ0v) is 25.9. The van der Waals surface area contributed by atoms with E-state index in [1.165, 1.54) is 37.7 Å². The van der Waals surface area contributed by atoms with Crippen LogP contribution in [0.2, 0.25) is 0 Å². The zero-order valence-electron chi connectivity index (χ0n) is 25.9. The van der Waals surface area contributed by atoms with Gasteiger partial charge >= 0.3 is 5.97 Å². The molecule has 5 heteroatoms. The molecular weight excluding hydrogens is 488 g/mol. The third-order valence-corrected chi connectivity index (χ3v) is 14.2. The van der Waals surface area contributed by atoms with E-state index in [4.69, 9.17) is 14.2 Å². The Balaban J connectivity index is 1.41. The number of carboxylic acid groups (broad SMARTS) is 1. The molecule has 0 aromatic carbocycles. The quantitative estimate of drug-likeness (QED) is 0.192. The Morgan fingerprint density at radius 2 is 1.62 bits per heavy atom. The van der Waals surface area contributed by atoms with E-state index in [9.17, 15) is 9.90 Å². The van der Waals surface area contributed by atoms with Crippen molar-refractivity contribution >= 4 is 5.97 Å². The van der Waals surface area contributed by atoms with Gasteiger partial charge < -0.3 is 19.3 Å². The van der Waals surface area contributed by atoms with Crippen LogP contribution in [0.4, 0.5) is 0 Å². The Kier molecular flexibility index (Phi) is 7.68.